The molecule has 3 fully saturated rings. The molecule has 0 radical (unpaired) electrons. The van der Waals surface area contributed by atoms with Crippen molar-refractivity contribution in [3.8, 4) is 0 Å². The van der Waals surface area contributed by atoms with Gasteiger partial charge in [0.25, 0.3) is 0 Å². The van der Waals surface area contributed by atoms with E-state index >= 15 is 0 Å². The predicted octanol–water partition coefficient (Wildman–Crippen LogP) is 3.54. The van der Waals surface area contributed by atoms with Gasteiger partial charge in [0.15, 0.2) is 0 Å². The number of hydrogen-bond donors (Lipinski definition) is 1. The Bertz CT molecular complexity index is 659. The SMILES string of the molecule is COC(C)(CNC(=O)N1CC2(CCOCC2)[C@@H]2CCC[C@@H]21)c1ccccc1. The molecule has 4 rings (SSSR count). The van der Waals surface area contributed by atoms with Crippen molar-refractivity contribution < 1.29 is 14.3 Å². The fraction of sp³-hybridized carbons (Fsp3) is 0.682. The van der Waals surface area contributed by atoms with Crippen LogP contribution < -0.4 is 5.32 Å². The lowest BCUT2D eigenvalue weighted by molar-refractivity contribution is -0.00133. The monoisotopic (exact) mass is 372 g/mol. The van der Waals surface area contributed by atoms with Crippen LogP contribution >= 0.6 is 0 Å². The second kappa shape index (κ2) is 7.44. The molecule has 148 valence electrons. The standard InChI is InChI=1S/C22H32N2O3/c1-21(26-2,17-7-4-3-5-8-17)15-23-20(25)24-16-22(11-13-27-14-12-22)18-9-6-10-19(18)24/h3-5,7-8,18-19H,6,9-16H2,1-2H3,(H,23,25)/t18-,19+,21?/m1/s1. The molecular formula is C22H32N2O3. The molecule has 2 amide bonds. The number of benzene rings is 1. The van der Waals surface area contributed by atoms with Crippen molar-refractivity contribution in [1.29, 1.82) is 0 Å². The van der Waals surface area contributed by atoms with E-state index in [4.69, 9.17) is 9.47 Å². The molecule has 1 unspecified atom stereocenters. The molecule has 2 aliphatic heterocycles. The van der Waals surface area contributed by atoms with Gasteiger partial charge in [-0.2, -0.15) is 0 Å². The maximum absolute atomic E-state index is 13.1. The van der Waals surface area contributed by atoms with Crippen LogP contribution in [0.1, 0.15) is 44.6 Å². The fourth-order valence-electron chi connectivity index (χ4n) is 5.56. The van der Waals surface area contributed by atoms with E-state index in [2.05, 4.69) is 22.3 Å². The first kappa shape index (κ1) is 18.8. The number of amides is 2. The van der Waals surface area contributed by atoms with Crippen molar-refractivity contribution in [2.45, 2.75) is 50.7 Å². The van der Waals surface area contributed by atoms with Crippen molar-refractivity contribution in [1.82, 2.24) is 10.2 Å². The van der Waals surface area contributed by atoms with E-state index in [1.165, 1.54) is 12.8 Å². The zero-order valence-electron chi connectivity index (χ0n) is 16.6. The molecule has 5 nitrogen and oxygen atoms in total. The van der Waals surface area contributed by atoms with E-state index < -0.39 is 5.60 Å². The quantitative estimate of drug-likeness (QED) is 0.879. The maximum atomic E-state index is 13.1. The number of carbonyl (C=O) groups is 1. The Kier molecular flexibility index (Phi) is 5.17. The van der Waals surface area contributed by atoms with Gasteiger partial charge in [0.2, 0.25) is 0 Å². The molecule has 27 heavy (non-hydrogen) atoms. The molecule has 3 atom stereocenters. The van der Waals surface area contributed by atoms with Crippen molar-refractivity contribution in [2.75, 3.05) is 33.4 Å². The van der Waals surface area contributed by atoms with Crippen LogP contribution in [-0.4, -0.2) is 50.4 Å². The molecule has 2 heterocycles. The van der Waals surface area contributed by atoms with E-state index in [-0.39, 0.29) is 11.4 Å². The zero-order valence-corrected chi connectivity index (χ0v) is 16.6. The average molecular weight is 373 g/mol. The number of likely N-dealkylation sites (tertiary alicyclic amines) is 1. The van der Waals surface area contributed by atoms with E-state index in [0.29, 0.717) is 18.5 Å². The molecule has 0 bridgehead atoms. The van der Waals surface area contributed by atoms with Crippen LogP contribution in [0.3, 0.4) is 0 Å². The maximum Gasteiger partial charge on any atom is 0.317 e. The lowest BCUT2D eigenvalue weighted by Gasteiger charge is -2.37. The summed E-state index contributed by atoms with van der Waals surface area (Å²) in [7, 11) is 1.71. The van der Waals surface area contributed by atoms with E-state index in [1.54, 1.807) is 7.11 Å². The number of methoxy groups -OCH3 is 1. The molecule has 1 aromatic rings. The summed E-state index contributed by atoms with van der Waals surface area (Å²) in [6, 6.07) is 10.6. The third kappa shape index (κ3) is 3.36. The first-order valence-corrected chi connectivity index (χ1v) is 10.3. The molecule has 2 saturated heterocycles. The third-order valence-corrected chi connectivity index (χ3v) is 7.31. The first-order valence-electron chi connectivity index (χ1n) is 10.3. The highest BCUT2D eigenvalue weighted by atomic mass is 16.5. The van der Waals surface area contributed by atoms with Gasteiger partial charge in [0.1, 0.15) is 5.60 Å². The summed E-state index contributed by atoms with van der Waals surface area (Å²) in [5.41, 5.74) is 0.830. The molecule has 1 N–H and O–H groups in total. The number of carbonyl (C=O) groups excluding carboxylic acids is 1. The Morgan fingerprint density at radius 2 is 2.04 bits per heavy atom. The summed E-state index contributed by atoms with van der Waals surface area (Å²) in [6.45, 7) is 5.07. The van der Waals surface area contributed by atoms with Crippen molar-refractivity contribution in [2.24, 2.45) is 11.3 Å². The van der Waals surface area contributed by atoms with Gasteiger partial charge >= 0.3 is 6.03 Å². The fourth-order valence-corrected chi connectivity index (χ4v) is 5.56. The van der Waals surface area contributed by atoms with E-state index in [0.717, 1.165) is 44.6 Å². The molecule has 3 aliphatic rings. The first-order chi connectivity index (χ1) is 13.1. The van der Waals surface area contributed by atoms with Gasteiger partial charge in [-0.1, -0.05) is 36.8 Å². The van der Waals surface area contributed by atoms with Crippen molar-refractivity contribution in [3.63, 3.8) is 0 Å². The van der Waals surface area contributed by atoms with Crippen LogP contribution in [0.5, 0.6) is 0 Å². The average Bonchev–Trinajstić information content (AvgIpc) is 3.31. The Morgan fingerprint density at radius 1 is 1.30 bits per heavy atom. The van der Waals surface area contributed by atoms with Crippen LogP contribution in [0, 0.1) is 11.3 Å². The van der Waals surface area contributed by atoms with Gasteiger partial charge < -0.3 is 19.7 Å². The van der Waals surface area contributed by atoms with Crippen LogP contribution in [0.15, 0.2) is 30.3 Å². The van der Waals surface area contributed by atoms with Gasteiger partial charge in [-0.05, 0) is 49.5 Å². The lowest BCUT2D eigenvalue weighted by atomic mass is 9.71. The Labute approximate surface area is 162 Å². The van der Waals surface area contributed by atoms with Gasteiger partial charge in [-0.3, -0.25) is 0 Å². The van der Waals surface area contributed by atoms with Crippen LogP contribution in [0.2, 0.25) is 0 Å². The van der Waals surface area contributed by atoms with Gasteiger partial charge in [0.05, 0.1) is 6.54 Å². The highest BCUT2D eigenvalue weighted by Crippen LogP contribution is 2.53. The molecule has 5 heteroatoms. The Balaban J connectivity index is 1.45. The number of rotatable bonds is 4. The van der Waals surface area contributed by atoms with Crippen molar-refractivity contribution in [3.05, 3.63) is 35.9 Å². The molecule has 0 aromatic heterocycles. The number of nitrogens with zero attached hydrogens (tertiary/aromatic N) is 1. The second-order valence-electron chi connectivity index (χ2n) is 8.67. The smallest absolute Gasteiger partial charge is 0.317 e. The van der Waals surface area contributed by atoms with Gasteiger partial charge in [-0.15, -0.1) is 0 Å². The Hall–Kier alpha value is -1.59. The van der Waals surface area contributed by atoms with Crippen molar-refractivity contribution >= 4 is 6.03 Å². The number of urea groups is 1. The predicted molar refractivity (Wildman–Crippen MR) is 105 cm³/mol. The minimum Gasteiger partial charge on any atom is -0.381 e. The third-order valence-electron chi connectivity index (χ3n) is 7.31. The summed E-state index contributed by atoms with van der Waals surface area (Å²) in [5, 5.41) is 3.18. The lowest BCUT2D eigenvalue weighted by Crippen LogP contribution is -2.48. The van der Waals surface area contributed by atoms with E-state index in [9.17, 15) is 4.79 Å². The number of ether oxygens (including phenoxy) is 2. The minimum atomic E-state index is -0.526. The van der Waals surface area contributed by atoms with Crippen LogP contribution in [0.4, 0.5) is 4.79 Å². The molecule has 1 aliphatic carbocycles. The number of nitrogens with one attached hydrogen (secondary N) is 1. The normalized spacial score (nSPS) is 28.7. The summed E-state index contributed by atoms with van der Waals surface area (Å²) in [5.74, 6) is 0.648. The minimum absolute atomic E-state index is 0.0643. The molecular weight excluding hydrogens is 340 g/mol. The summed E-state index contributed by atoms with van der Waals surface area (Å²) in [6.07, 6.45) is 5.83. The summed E-state index contributed by atoms with van der Waals surface area (Å²) >= 11 is 0. The molecule has 1 saturated carbocycles. The highest BCUT2D eigenvalue weighted by Gasteiger charge is 2.55. The number of hydrogen-bond acceptors (Lipinski definition) is 3. The zero-order chi connectivity index (χ0) is 18.9. The van der Waals surface area contributed by atoms with Gasteiger partial charge in [-0.25, -0.2) is 4.79 Å². The summed E-state index contributed by atoms with van der Waals surface area (Å²) in [4.78, 5) is 15.3. The highest BCUT2D eigenvalue weighted by molar-refractivity contribution is 5.75. The van der Waals surface area contributed by atoms with Gasteiger partial charge in [0, 0.05) is 32.9 Å². The summed E-state index contributed by atoms with van der Waals surface area (Å²) < 4.78 is 11.4. The largest absolute Gasteiger partial charge is 0.381 e. The van der Waals surface area contributed by atoms with E-state index in [1.807, 2.05) is 25.1 Å². The Morgan fingerprint density at radius 3 is 2.74 bits per heavy atom. The van der Waals surface area contributed by atoms with Crippen LogP contribution in [-0.2, 0) is 15.1 Å². The molecule has 1 spiro atoms. The van der Waals surface area contributed by atoms with Crippen LogP contribution in [0.25, 0.3) is 0 Å². The molecule has 1 aromatic carbocycles. The topological polar surface area (TPSA) is 50.8 Å². The number of fused-ring (bicyclic) bond motifs is 2. The second-order valence-corrected chi connectivity index (χ2v) is 8.67.